The number of nitrogens with one attached hydrogen (secondary N) is 2. The highest BCUT2D eigenvalue weighted by Gasteiger charge is 2.30. The molecule has 0 heterocycles. The molecule has 0 aliphatic heterocycles. The molecule has 0 aromatic heterocycles. The quantitative estimate of drug-likeness (QED) is 0.617. The van der Waals surface area contributed by atoms with E-state index in [1.54, 1.807) is 12.1 Å². The number of rotatable bonds is 9. The molecule has 0 fully saturated rings. The van der Waals surface area contributed by atoms with Crippen molar-refractivity contribution in [3.63, 3.8) is 0 Å². The molecule has 0 unspecified atom stereocenters. The molecule has 11 heteroatoms. The van der Waals surface area contributed by atoms with Crippen LogP contribution in [0.15, 0.2) is 47.4 Å². The Bertz CT molecular complexity index is 977. The minimum atomic E-state index is -4.66. The average Bonchev–Trinajstić information content (AvgIpc) is 2.70. The van der Waals surface area contributed by atoms with Gasteiger partial charge in [0.2, 0.25) is 15.9 Å². The van der Waals surface area contributed by atoms with Gasteiger partial charge in [0, 0.05) is 12.1 Å². The van der Waals surface area contributed by atoms with Gasteiger partial charge in [-0.3, -0.25) is 4.79 Å². The molecule has 0 aliphatic rings. The summed E-state index contributed by atoms with van der Waals surface area (Å²) in [5.74, 6) is 0.755. The number of hydrogen-bond donors (Lipinski definition) is 2. The molecular weight excluding hydrogens is 425 g/mol. The molecular formula is C19H21F3N2O5S. The lowest BCUT2D eigenvalue weighted by atomic mass is 10.1. The Morgan fingerprint density at radius 3 is 2.27 bits per heavy atom. The lowest BCUT2D eigenvalue weighted by Crippen LogP contribution is -2.33. The number of halogens is 3. The lowest BCUT2D eigenvalue weighted by Gasteiger charge is -2.12. The fraction of sp³-hybridized carbons (Fsp3) is 0.316. The van der Waals surface area contributed by atoms with Crippen LogP contribution in [0.5, 0.6) is 11.5 Å². The number of benzene rings is 2. The molecule has 0 bridgehead atoms. The molecule has 0 saturated carbocycles. The van der Waals surface area contributed by atoms with Crippen LogP contribution in [0.3, 0.4) is 0 Å². The van der Waals surface area contributed by atoms with Gasteiger partial charge in [-0.1, -0.05) is 12.1 Å². The molecule has 2 N–H and O–H groups in total. The molecule has 0 radical (unpaired) electrons. The van der Waals surface area contributed by atoms with Crippen molar-refractivity contribution >= 4 is 21.6 Å². The summed E-state index contributed by atoms with van der Waals surface area (Å²) in [6.45, 7) is -1.67. The number of carbonyl (C=O) groups is 1. The summed E-state index contributed by atoms with van der Waals surface area (Å²) in [7, 11) is -1.30. The largest absolute Gasteiger partial charge is 0.493 e. The summed E-state index contributed by atoms with van der Waals surface area (Å²) in [6.07, 6.45) is -4.16. The first kappa shape index (κ1) is 23.5. The second-order valence-electron chi connectivity index (χ2n) is 6.16. The molecule has 2 rings (SSSR count). The zero-order valence-electron chi connectivity index (χ0n) is 16.2. The summed E-state index contributed by atoms with van der Waals surface area (Å²) < 4.78 is 72.3. The predicted molar refractivity (Wildman–Crippen MR) is 104 cm³/mol. The Balaban J connectivity index is 1.97. The highest BCUT2D eigenvalue weighted by atomic mass is 32.2. The van der Waals surface area contributed by atoms with Crippen molar-refractivity contribution in [2.24, 2.45) is 0 Å². The van der Waals surface area contributed by atoms with E-state index in [2.05, 4.69) is 5.32 Å². The van der Waals surface area contributed by atoms with Crippen molar-refractivity contribution in [1.82, 2.24) is 4.72 Å². The van der Waals surface area contributed by atoms with E-state index in [4.69, 9.17) is 9.47 Å². The first-order valence-corrected chi connectivity index (χ1v) is 10.2. The molecule has 2 aromatic carbocycles. The molecule has 0 saturated heterocycles. The van der Waals surface area contributed by atoms with E-state index in [0.29, 0.717) is 23.6 Å². The van der Waals surface area contributed by atoms with Crippen LogP contribution >= 0.6 is 0 Å². The highest BCUT2D eigenvalue weighted by molar-refractivity contribution is 7.89. The maximum atomic E-state index is 12.2. The Morgan fingerprint density at radius 2 is 1.70 bits per heavy atom. The van der Waals surface area contributed by atoms with E-state index in [0.717, 1.165) is 17.7 Å². The van der Waals surface area contributed by atoms with Gasteiger partial charge in [-0.2, -0.15) is 13.2 Å². The van der Waals surface area contributed by atoms with Crippen LogP contribution in [0, 0.1) is 0 Å². The van der Waals surface area contributed by atoms with Crippen LogP contribution in [-0.4, -0.2) is 41.3 Å². The lowest BCUT2D eigenvalue weighted by molar-refractivity contribution is -0.121. The average molecular weight is 446 g/mol. The summed E-state index contributed by atoms with van der Waals surface area (Å²) in [5.41, 5.74) is 1.09. The summed E-state index contributed by atoms with van der Waals surface area (Å²) in [5, 5.41) is 2.61. The number of hydrogen-bond acceptors (Lipinski definition) is 5. The van der Waals surface area contributed by atoms with E-state index in [1.165, 1.54) is 31.1 Å². The Kier molecular flexibility index (Phi) is 7.68. The zero-order valence-corrected chi connectivity index (χ0v) is 17.1. The normalized spacial score (nSPS) is 11.8. The summed E-state index contributed by atoms with van der Waals surface area (Å²) in [6, 6.07) is 10.1. The van der Waals surface area contributed by atoms with E-state index >= 15 is 0 Å². The Hall–Kier alpha value is -2.79. The summed E-state index contributed by atoms with van der Waals surface area (Å²) in [4.78, 5) is 11.9. The summed E-state index contributed by atoms with van der Waals surface area (Å²) >= 11 is 0. The van der Waals surface area contributed by atoms with Gasteiger partial charge < -0.3 is 14.8 Å². The fourth-order valence-corrected chi connectivity index (χ4v) is 3.61. The second-order valence-corrected chi connectivity index (χ2v) is 7.93. The fourth-order valence-electron chi connectivity index (χ4n) is 2.60. The molecule has 0 spiro atoms. The third-order valence-electron chi connectivity index (χ3n) is 4.02. The van der Waals surface area contributed by atoms with Crippen LogP contribution in [-0.2, 0) is 21.2 Å². The highest BCUT2D eigenvalue weighted by Crippen LogP contribution is 2.31. The van der Waals surface area contributed by atoms with Gasteiger partial charge in [0.05, 0.1) is 19.1 Å². The van der Waals surface area contributed by atoms with Crippen molar-refractivity contribution in [2.75, 3.05) is 26.1 Å². The monoisotopic (exact) mass is 446 g/mol. The maximum absolute atomic E-state index is 12.2. The standard InChI is InChI=1S/C19H21F3N2O5S/c1-28-16-5-3-4-13(18(16)29-2)6-11-17(25)24-14-7-9-15(10-8-14)30(26,27)23-12-19(20,21)22/h3-5,7-10,23H,6,11-12H2,1-2H3,(H,24,25). The van der Waals surface area contributed by atoms with Crippen molar-refractivity contribution < 1.29 is 35.9 Å². The predicted octanol–water partition coefficient (Wildman–Crippen LogP) is 3.12. The van der Waals surface area contributed by atoms with E-state index in [-0.39, 0.29) is 17.2 Å². The molecule has 2 aromatic rings. The minimum Gasteiger partial charge on any atom is -0.493 e. The number of carbonyl (C=O) groups excluding carboxylic acids is 1. The van der Waals surface area contributed by atoms with Crippen LogP contribution in [0.4, 0.5) is 18.9 Å². The number of amides is 1. The third-order valence-corrected chi connectivity index (χ3v) is 5.43. The van der Waals surface area contributed by atoms with E-state index in [1.807, 2.05) is 6.07 Å². The second kappa shape index (κ2) is 9.81. The molecule has 1 amide bonds. The number of ether oxygens (including phenoxy) is 2. The van der Waals surface area contributed by atoms with Crippen molar-refractivity contribution in [1.29, 1.82) is 0 Å². The van der Waals surface area contributed by atoms with Gasteiger partial charge in [0.1, 0.15) is 6.54 Å². The smallest absolute Gasteiger partial charge is 0.402 e. The maximum Gasteiger partial charge on any atom is 0.402 e. The van der Waals surface area contributed by atoms with Crippen LogP contribution in [0.1, 0.15) is 12.0 Å². The Morgan fingerprint density at radius 1 is 1.03 bits per heavy atom. The number of sulfonamides is 1. The van der Waals surface area contributed by atoms with Gasteiger partial charge in [-0.15, -0.1) is 0 Å². The number of anilines is 1. The number of aryl methyl sites for hydroxylation is 1. The van der Waals surface area contributed by atoms with Crippen LogP contribution in [0.25, 0.3) is 0 Å². The van der Waals surface area contributed by atoms with Gasteiger partial charge >= 0.3 is 6.18 Å². The Labute approximate surface area is 172 Å². The van der Waals surface area contributed by atoms with Crippen molar-refractivity contribution in [3.05, 3.63) is 48.0 Å². The van der Waals surface area contributed by atoms with Gasteiger partial charge in [0.25, 0.3) is 0 Å². The first-order valence-electron chi connectivity index (χ1n) is 8.72. The third kappa shape index (κ3) is 6.63. The van der Waals surface area contributed by atoms with E-state index < -0.39 is 22.7 Å². The number of methoxy groups -OCH3 is 2. The molecule has 30 heavy (non-hydrogen) atoms. The SMILES string of the molecule is COc1cccc(CCC(=O)Nc2ccc(S(=O)(=O)NCC(F)(F)F)cc2)c1OC. The van der Waals surface area contributed by atoms with Crippen LogP contribution in [0.2, 0.25) is 0 Å². The molecule has 7 nitrogen and oxygen atoms in total. The number of alkyl halides is 3. The molecule has 164 valence electrons. The topological polar surface area (TPSA) is 93.7 Å². The minimum absolute atomic E-state index is 0.122. The van der Waals surface area contributed by atoms with Crippen molar-refractivity contribution in [2.45, 2.75) is 23.9 Å². The number of para-hydroxylation sites is 1. The van der Waals surface area contributed by atoms with Gasteiger partial charge in [0.15, 0.2) is 11.5 Å². The van der Waals surface area contributed by atoms with Gasteiger partial charge in [-0.05, 0) is 42.3 Å². The van der Waals surface area contributed by atoms with Crippen molar-refractivity contribution in [3.8, 4) is 11.5 Å². The first-order chi connectivity index (χ1) is 14.1. The molecule has 0 atom stereocenters. The molecule has 0 aliphatic carbocycles. The van der Waals surface area contributed by atoms with Gasteiger partial charge in [-0.25, -0.2) is 13.1 Å². The van der Waals surface area contributed by atoms with E-state index in [9.17, 15) is 26.4 Å². The van der Waals surface area contributed by atoms with Crippen LogP contribution < -0.4 is 19.5 Å². The zero-order chi connectivity index (χ0) is 22.4.